The normalized spacial score (nSPS) is 16.3. The lowest BCUT2D eigenvalue weighted by Gasteiger charge is -2.19. The van der Waals surface area contributed by atoms with Crippen LogP contribution in [0, 0.1) is 12.8 Å². The van der Waals surface area contributed by atoms with E-state index in [1.165, 1.54) is 12.8 Å². The molecule has 0 radical (unpaired) electrons. The lowest BCUT2D eigenvalue weighted by Crippen LogP contribution is -2.17. The summed E-state index contributed by atoms with van der Waals surface area (Å²) in [7, 11) is 0. The number of ether oxygens (including phenoxy) is 1. The Balaban J connectivity index is 2.20. The first-order valence-corrected chi connectivity index (χ1v) is 7.80. The van der Waals surface area contributed by atoms with E-state index >= 15 is 0 Å². The molecule has 1 heterocycles. The third-order valence-corrected chi connectivity index (χ3v) is 3.52. The second-order valence-corrected chi connectivity index (χ2v) is 6.22. The minimum Gasteiger partial charge on any atom is -0.474 e. The van der Waals surface area contributed by atoms with Gasteiger partial charge in [0.1, 0.15) is 11.6 Å². The summed E-state index contributed by atoms with van der Waals surface area (Å²) in [6.45, 7) is 11.5. The Labute approximate surface area is 122 Å². The highest BCUT2D eigenvalue weighted by atomic mass is 16.5. The molecule has 1 atom stereocenters. The Morgan fingerprint density at radius 3 is 2.50 bits per heavy atom. The van der Waals surface area contributed by atoms with Crippen molar-refractivity contribution in [2.75, 3.05) is 11.9 Å². The van der Waals surface area contributed by atoms with Gasteiger partial charge in [-0.15, -0.1) is 0 Å². The van der Waals surface area contributed by atoms with Gasteiger partial charge in [-0.05, 0) is 46.0 Å². The van der Waals surface area contributed by atoms with Crippen LogP contribution in [0.4, 0.5) is 5.82 Å². The molecule has 0 aliphatic heterocycles. The second-order valence-electron chi connectivity index (χ2n) is 6.22. The largest absolute Gasteiger partial charge is 0.474 e. The standard InChI is InChI=1S/C16H27N3O/c1-6-17-14-12(5)16(20-11(4)9-10(2)3)19-15(18-14)13-7-8-13/h10-11,13H,6-9H2,1-5H3,(H,17,18,19). The zero-order chi connectivity index (χ0) is 14.7. The Morgan fingerprint density at radius 2 is 1.95 bits per heavy atom. The number of aromatic nitrogens is 2. The molecule has 4 heteroatoms. The van der Waals surface area contributed by atoms with Crippen molar-refractivity contribution in [2.24, 2.45) is 5.92 Å². The lowest BCUT2D eigenvalue weighted by molar-refractivity contribution is 0.183. The topological polar surface area (TPSA) is 47.0 Å². The van der Waals surface area contributed by atoms with Crippen LogP contribution in [0.5, 0.6) is 5.88 Å². The molecule has 1 unspecified atom stereocenters. The summed E-state index contributed by atoms with van der Waals surface area (Å²) in [4.78, 5) is 9.30. The molecule has 0 saturated heterocycles. The lowest BCUT2D eigenvalue weighted by atomic mass is 10.1. The van der Waals surface area contributed by atoms with E-state index in [4.69, 9.17) is 4.74 Å². The second kappa shape index (κ2) is 6.42. The van der Waals surface area contributed by atoms with Crippen molar-refractivity contribution in [3.05, 3.63) is 11.4 Å². The molecule has 1 saturated carbocycles. The van der Waals surface area contributed by atoms with Crippen LogP contribution in [-0.4, -0.2) is 22.6 Å². The van der Waals surface area contributed by atoms with E-state index in [-0.39, 0.29) is 6.10 Å². The molecule has 112 valence electrons. The Bertz CT molecular complexity index is 455. The van der Waals surface area contributed by atoms with Gasteiger partial charge in [0.15, 0.2) is 0 Å². The van der Waals surface area contributed by atoms with Crippen molar-refractivity contribution in [2.45, 2.75) is 65.9 Å². The third kappa shape index (κ3) is 3.84. The van der Waals surface area contributed by atoms with Gasteiger partial charge in [-0.1, -0.05) is 13.8 Å². The smallest absolute Gasteiger partial charge is 0.222 e. The van der Waals surface area contributed by atoms with Gasteiger partial charge in [0.05, 0.1) is 11.7 Å². The SMILES string of the molecule is CCNc1nc(C2CC2)nc(OC(C)CC(C)C)c1C. The fourth-order valence-electron chi connectivity index (χ4n) is 2.39. The zero-order valence-corrected chi connectivity index (χ0v) is 13.4. The molecule has 0 spiro atoms. The molecule has 1 aromatic heterocycles. The van der Waals surface area contributed by atoms with Gasteiger partial charge >= 0.3 is 0 Å². The number of nitrogens with zero attached hydrogens (tertiary/aromatic N) is 2. The molecule has 0 aromatic carbocycles. The summed E-state index contributed by atoms with van der Waals surface area (Å²) >= 11 is 0. The molecule has 1 fully saturated rings. The molecule has 1 aliphatic rings. The molecule has 0 bridgehead atoms. The summed E-state index contributed by atoms with van der Waals surface area (Å²) in [6, 6.07) is 0. The number of nitrogens with one attached hydrogen (secondary N) is 1. The Morgan fingerprint density at radius 1 is 1.25 bits per heavy atom. The van der Waals surface area contributed by atoms with Crippen LogP contribution < -0.4 is 10.1 Å². The minimum atomic E-state index is 0.185. The van der Waals surface area contributed by atoms with E-state index in [2.05, 4.69) is 43.0 Å². The van der Waals surface area contributed by atoms with Crippen molar-refractivity contribution in [1.82, 2.24) is 9.97 Å². The summed E-state index contributed by atoms with van der Waals surface area (Å²) in [5.41, 5.74) is 1.02. The molecule has 1 aliphatic carbocycles. The van der Waals surface area contributed by atoms with E-state index in [0.717, 1.165) is 36.1 Å². The quantitative estimate of drug-likeness (QED) is 0.821. The molecule has 0 amide bonds. The highest BCUT2D eigenvalue weighted by Gasteiger charge is 2.28. The highest BCUT2D eigenvalue weighted by molar-refractivity contribution is 5.49. The minimum absolute atomic E-state index is 0.185. The monoisotopic (exact) mass is 277 g/mol. The van der Waals surface area contributed by atoms with Gasteiger partial charge in [0.25, 0.3) is 0 Å². The number of rotatable bonds is 7. The van der Waals surface area contributed by atoms with Gasteiger partial charge in [-0.25, -0.2) is 4.98 Å². The van der Waals surface area contributed by atoms with Gasteiger partial charge in [0, 0.05) is 12.5 Å². The van der Waals surface area contributed by atoms with Crippen LogP contribution in [0.2, 0.25) is 0 Å². The predicted octanol–water partition coefficient (Wildman–Crippen LogP) is 3.91. The van der Waals surface area contributed by atoms with Gasteiger partial charge < -0.3 is 10.1 Å². The molecule has 4 nitrogen and oxygen atoms in total. The van der Waals surface area contributed by atoms with E-state index in [1.807, 2.05) is 6.92 Å². The highest BCUT2D eigenvalue weighted by Crippen LogP contribution is 2.40. The first-order valence-electron chi connectivity index (χ1n) is 7.80. The van der Waals surface area contributed by atoms with Crippen LogP contribution >= 0.6 is 0 Å². The van der Waals surface area contributed by atoms with E-state index in [1.54, 1.807) is 0 Å². The fourth-order valence-corrected chi connectivity index (χ4v) is 2.39. The Kier molecular flexibility index (Phi) is 4.84. The van der Waals surface area contributed by atoms with Gasteiger partial charge in [0.2, 0.25) is 5.88 Å². The van der Waals surface area contributed by atoms with Crippen LogP contribution in [0.25, 0.3) is 0 Å². The number of hydrogen-bond donors (Lipinski definition) is 1. The van der Waals surface area contributed by atoms with E-state index < -0.39 is 0 Å². The fraction of sp³-hybridized carbons (Fsp3) is 0.750. The van der Waals surface area contributed by atoms with Crippen molar-refractivity contribution in [3.63, 3.8) is 0 Å². The van der Waals surface area contributed by atoms with Crippen molar-refractivity contribution in [1.29, 1.82) is 0 Å². The maximum absolute atomic E-state index is 6.07. The molecule has 2 rings (SSSR count). The van der Waals surface area contributed by atoms with Crippen LogP contribution in [0.15, 0.2) is 0 Å². The first-order chi connectivity index (χ1) is 9.51. The maximum Gasteiger partial charge on any atom is 0.222 e. The van der Waals surface area contributed by atoms with Crippen molar-refractivity contribution < 1.29 is 4.74 Å². The van der Waals surface area contributed by atoms with Gasteiger partial charge in [-0.2, -0.15) is 4.98 Å². The van der Waals surface area contributed by atoms with E-state index in [0.29, 0.717) is 11.8 Å². The summed E-state index contributed by atoms with van der Waals surface area (Å²) in [5, 5.41) is 3.32. The predicted molar refractivity (Wildman–Crippen MR) is 82.5 cm³/mol. The molecule has 20 heavy (non-hydrogen) atoms. The van der Waals surface area contributed by atoms with Crippen LogP contribution in [-0.2, 0) is 0 Å². The van der Waals surface area contributed by atoms with Crippen LogP contribution in [0.3, 0.4) is 0 Å². The zero-order valence-electron chi connectivity index (χ0n) is 13.4. The molecule has 1 aromatic rings. The van der Waals surface area contributed by atoms with Crippen molar-refractivity contribution in [3.8, 4) is 5.88 Å². The summed E-state index contributed by atoms with van der Waals surface area (Å²) < 4.78 is 6.07. The summed E-state index contributed by atoms with van der Waals surface area (Å²) in [5.74, 6) is 3.79. The molecular weight excluding hydrogens is 250 g/mol. The molecular formula is C16H27N3O. The average Bonchev–Trinajstić information content (AvgIpc) is 3.17. The van der Waals surface area contributed by atoms with Crippen LogP contribution in [0.1, 0.15) is 64.3 Å². The third-order valence-electron chi connectivity index (χ3n) is 3.52. The number of hydrogen-bond acceptors (Lipinski definition) is 4. The number of anilines is 1. The Hall–Kier alpha value is -1.32. The van der Waals surface area contributed by atoms with Crippen molar-refractivity contribution >= 4 is 5.82 Å². The van der Waals surface area contributed by atoms with E-state index in [9.17, 15) is 0 Å². The van der Waals surface area contributed by atoms with Gasteiger partial charge in [-0.3, -0.25) is 0 Å². The maximum atomic E-state index is 6.07. The molecule has 1 N–H and O–H groups in total. The average molecular weight is 277 g/mol. The first kappa shape index (κ1) is 15.1. The summed E-state index contributed by atoms with van der Waals surface area (Å²) in [6.07, 6.45) is 3.63.